The van der Waals surface area contributed by atoms with E-state index in [1.165, 1.54) is 42.8 Å². The second kappa shape index (κ2) is 18.6. The highest BCUT2D eigenvalue weighted by molar-refractivity contribution is 7.89. The fourth-order valence-electron chi connectivity index (χ4n) is 7.09. The lowest BCUT2D eigenvalue weighted by Gasteiger charge is -2.34. The first-order valence-electron chi connectivity index (χ1n) is 19.3. The summed E-state index contributed by atoms with van der Waals surface area (Å²) in [5.74, 6) is -0.958. The van der Waals surface area contributed by atoms with Crippen LogP contribution in [-0.2, 0) is 37.1 Å². The minimum absolute atomic E-state index is 0.0196. The van der Waals surface area contributed by atoms with Crippen molar-refractivity contribution in [1.82, 2.24) is 4.31 Å². The summed E-state index contributed by atoms with van der Waals surface area (Å²) in [5, 5.41) is 5.76. The highest BCUT2D eigenvalue weighted by atomic mass is 32.2. The lowest BCUT2D eigenvalue weighted by molar-refractivity contribution is -0.146. The van der Waals surface area contributed by atoms with Crippen molar-refractivity contribution in [2.75, 3.05) is 38.0 Å². The Bertz CT molecular complexity index is 2180. The fourth-order valence-corrected chi connectivity index (χ4v) is 8.83. The van der Waals surface area contributed by atoms with E-state index in [0.717, 1.165) is 36.8 Å². The number of rotatable bonds is 16. The molecule has 0 spiro atoms. The number of esters is 2. The number of methoxy groups -OCH3 is 2. The van der Waals surface area contributed by atoms with Gasteiger partial charge in [-0.25, -0.2) is 13.2 Å². The molecule has 4 aromatic rings. The van der Waals surface area contributed by atoms with E-state index in [9.17, 15) is 27.6 Å². The van der Waals surface area contributed by atoms with Crippen molar-refractivity contribution in [1.29, 1.82) is 0 Å². The van der Waals surface area contributed by atoms with Crippen molar-refractivity contribution < 1.29 is 41.8 Å². The minimum atomic E-state index is -3.98. The summed E-state index contributed by atoms with van der Waals surface area (Å²) in [4.78, 5) is 51.3. The van der Waals surface area contributed by atoms with Gasteiger partial charge in [-0.15, -0.1) is 0 Å². The summed E-state index contributed by atoms with van der Waals surface area (Å²) >= 11 is 0. The first-order chi connectivity index (χ1) is 27.5. The molecule has 2 aliphatic carbocycles. The van der Waals surface area contributed by atoms with Crippen LogP contribution < -0.4 is 15.4 Å². The molecule has 13 heteroatoms. The van der Waals surface area contributed by atoms with Crippen molar-refractivity contribution >= 4 is 45.2 Å². The molecule has 2 fully saturated rings. The van der Waals surface area contributed by atoms with Crippen molar-refractivity contribution in [2.24, 2.45) is 11.8 Å². The number of hydrogen-bond donors (Lipinski definition) is 2. The van der Waals surface area contributed by atoms with Gasteiger partial charge in [0.1, 0.15) is 5.75 Å². The van der Waals surface area contributed by atoms with Gasteiger partial charge in [-0.05, 0) is 129 Å². The van der Waals surface area contributed by atoms with Crippen molar-refractivity contribution in [3.63, 3.8) is 0 Å². The third kappa shape index (κ3) is 10.5. The van der Waals surface area contributed by atoms with Crippen LogP contribution >= 0.6 is 0 Å². The molecule has 2 amide bonds. The lowest BCUT2D eigenvalue weighted by Crippen LogP contribution is -2.43. The summed E-state index contributed by atoms with van der Waals surface area (Å²) in [5.41, 5.74) is 3.71. The van der Waals surface area contributed by atoms with E-state index in [1.54, 1.807) is 37.3 Å². The molecule has 0 bridgehead atoms. The number of benzene rings is 4. The zero-order valence-electron chi connectivity index (χ0n) is 32.5. The highest BCUT2D eigenvalue weighted by Gasteiger charge is 2.35. The van der Waals surface area contributed by atoms with Crippen LogP contribution in [0.25, 0.3) is 0 Å². The van der Waals surface area contributed by atoms with E-state index < -0.39 is 21.8 Å². The number of anilines is 2. The molecule has 0 atom stereocenters. The summed E-state index contributed by atoms with van der Waals surface area (Å²) in [6, 6.07) is 25.3. The summed E-state index contributed by atoms with van der Waals surface area (Å²) < 4.78 is 44.9. The summed E-state index contributed by atoms with van der Waals surface area (Å²) in [7, 11) is -1.27. The minimum Gasteiger partial charge on any atom is -0.493 e. The molecule has 57 heavy (non-hydrogen) atoms. The molecule has 2 saturated carbocycles. The van der Waals surface area contributed by atoms with Crippen LogP contribution in [-0.4, -0.2) is 69.9 Å². The average Bonchev–Trinajstić information content (AvgIpc) is 4.08. The van der Waals surface area contributed by atoms with Crippen molar-refractivity contribution in [3.05, 3.63) is 119 Å². The molecular formula is C44H49N3O9S. The molecule has 4 aromatic carbocycles. The molecule has 0 unspecified atom stereocenters. The van der Waals surface area contributed by atoms with Gasteiger partial charge in [0.05, 0.1) is 48.5 Å². The van der Waals surface area contributed by atoms with Crippen LogP contribution in [0.2, 0.25) is 0 Å². The predicted octanol–water partition coefficient (Wildman–Crippen LogP) is 7.29. The topological polar surface area (TPSA) is 157 Å². The molecule has 6 rings (SSSR count). The van der Waals surface area contributed by atoms with Crippen LogP contribution in [0, 0.1) is 11.8 Å². The largest absolute Gasteiger partial charge is 0.493 e. The molecule has 300 valence electrons. The first-order valence-corrected chi connectivity index (χ1v) is 20.8. The molecular weight excluding hydrogens is 747 g/mol. The van der Waals surface area contributed by atoms with Crippen LogP contribution in [0.1, 0.15) is 87.6 Å². The number of nitrogens with zero attached hydrogens (tertiary/aromatic N) is 1. The van der Waals surface area contributed by atoms with Crippen LogP contribution in [0.3, 0.4) is 0 Å². The van der Waals surface area contributed by atoms with Gasteiger partial charge in [-0.2, -0.15) is 4.31 Å². The number of ether oxygens (including phenoxy) is 3. The predicted molar refractivity (Wildman–Crippen MR) is 216 cm³/mol. The Morgan fingerprint density at radius 3 is 2.00 bits per heavy atom. The maximum atomic E-state index is 13.9. The zero-order valence-corrected chi connectivity index (χ0v) is 33.3. The number of aryl methyl sites for hydroxylation is 2. The van der Waals surface area contributed by atoms with E-state index in [1.807, 2.05) is 36.4 Å². The maximum Gasteiger partial charge on any atom is 0.337 e. The van der Waals surface area contributed by atoms with Gasteiger partial charge >= 0.3 is 11.9 Å². The van der Waals surface area contributed by atoms with Crippen LogP contribution in [0.4, 0.5) is 11.4 Å². The van der Waals surface area contributed by atoms with Gasteiger partial charge in [0, 0.05) is 23.8 Å². The summed E-state index contributed by atoms with van der Waals surface area (Å²) in [6.45, 7) is 2.54. The van der Waals surface area contributed by atoms with Gasteiger partial charge < -0.3 is 24.8 Å². The molecule has 0 saturated heterocycles. The Balaban J connectivity index is 1.14. The third-order valence-electron chi connectivity index (χ3n) is 10.6. The highest BCUT2D eigenvalue weighted by Crippen LogP contribution is 2.33. The molecule has 0 heterocycles. The Kier molecular flexibility index (Phi) is 13.4. The first kappa shape index (κ1) is 41.1. The lowest BCUT2D eigenvalue weighted by atomic mass is 9.86. The number of sulfonamides is 1. The average molecular weight is 796 g/mol. The Morgan fingerprint density at radius 1 is 0.719 bits per heavy atom. The SMILES string of the molecule is CCN(C1CCC(C(=O)OC)CC1)S(=O)(=O)c1cccc(C(=O)Nc2ccc(OCC3CC3)cc2C(=O)Nc2ccc(CCc3ccc(C(=O)OC)cc3)cc2)c1. The molecule has 12 nitrogen and oxygen atoms in total. The van der Waals surface area contributed by atoms with Gasteiger partial charge in [0.2, 0.25) is 10.0 Å². The molecule has 0 aromatic heterocycles. The normalized spacial score (nSPS) is 16.7. The Morgan fingerprint density at radius 2 is 1.39 bits per heavy atom. The van der Waals surface area contributed by atoms with E-state index in [-0.39, 0.29) is 52.2 Å². The quantitative estimate of drug-likeness (QED) is 0.111. The number of carbonyl (C=O) groups excluding carboxylic acids is 4. The number of hydrogen-bond acceptors (Lipinski definition) is 9. The fraction of sp³-hybridized carbons (Fsp3) is 0.364. The maximum absolute atomic E-state index is 13.9. The monoisotopic (exact) mass is 795 g/mol. The molecule has 0 radical (unpaired) electrons. The van der Waals surface area contributed by atoms with E-state index in [4.69, 9.17) is 14.2 Å². The van der Waals surface area contributed by atoms with Crippen molar-refractivity contribution in [3.8, 4) is 5.75 Å². The second-order valence-electron chi connectivity index (χ2n) is 14.5. The van der Waals surface area contributed by atoms with E-state index >= 15 is 0 Å². The number of nitrogens with one attached hydrogen (secondary N) is 2. The van der Waals surface area contributed by atoms with Gasteiger partial charge in [-0.3, -0.25) is 14.4 Å². The van der Waals surface area contributed by atoms with E-state index in [0.29, 0.717) is 55.2 Å². The van der Waals surface area contributed by atoms with E-state index in [2.05, 4.69) is 10.6 Å². The number of carbonyl (C=O) groups is 4. The zero-order chi connectivity index (χ0) is 40.5. The molecule has 0 aliphatic heterocycles. The van der Waals surface area contributed by atoms with Gasteiger partial charge in [0.25, 0.3) is 11.8 Å². The van der Waals surface area contributed by atoms with Gasteiger partial charge in [0.15, 0.2) is 0 Å². The number of amides is 2. The van der Waals surface area contributed by atoms with Crippen LogP contribution in [0.5, 0.6) is 5.75 Å². The van der Waals surface area contributed by atoms with Crippen molar-refractivity contribution in [2.45, 2.75) is 69.2 Å². The Labute approximate surface area is 333 Å². The third-order valence-corrected chi connectivity index (χ3v) is 12.6. The molecule has 2 N–H and O–H groups in total. The summed E-state index contributed by atoms with van der Waals surface area (Å²) in [6.07, 6.45) is 5.83. The standard InChI is InChI=1S/C44H49N3O9S/c1-4-47(36-22-18-33(19-23-36)44(51)55-3)57(52,53)38-7-5-6-34(26-38)41(48)46-40-25-24-37(56-28-31-10-11-31)27-39(40)42(49)45-35-20-14-30(15-21-35)9-8-29-12-16-32(17-13-29)43(50)54-2/h5-7,12-17,20-21,24-27,31,33,36H,4,8-11,18-19,22-23,28H2,1-3H3,(H,45,49)(H,46,48). The van der Waals surface area contributed by atoms with Gasteiger partial charge in [-0.1, -0.05) is 37.3 Å². The second-order valence-corrected chi connectivity index (χ2v) is 16.4. The smallest absolute Gasteiger partial charge is 0.337 e. The molecule has 2 aliphatic rings. The Hall–Kier alpha value is -5.53. The van der Waals surface area contributed by atoms with Crippen LogP contribution in [0.15, 0.2) is 95.9 Å².